The first-order chi connectivity index (χ1) is 9.94. The van der Waals surface area contributed by atoms with E-state index in [1.165, 1.54) is 12.1 Å². The molecule has 1 aliphatic rings. The Balaban J connectivity index is 2.19. The third-order valence-electron chi connectivity index (χ3n) is 3.28. The third-order valence-corrected chi connectivity index (χ3v) is 6.92. The van der Waals surface area contributed by atoms with Gasteiger partial charge in [0.25, 0.3) is 0 Å². The topological polar surface area (TPSA) is 58.2 Å². The Morgan fingerprint density at radius 1 is 1.33 bits per heavy atom. The number of halogens is 2. The lowest BCUT2D eigenvalue weighted by molar-refractivity contribution is 0.579. The van der Waals surface area contributed by atoms with Crippen LogP contribution in [-0.4, -0.2) is 33.0 Å². The van der Waals surface area contributed by atoms with Gasteiger partial charge < -0.3 is 5.32 Å². The van der Waals surface area contributed by atoms with E-state index in [1.54, 1.807) is 18.8 Å². The summed E-state index contributed by atoms with van der Waals surface area (Å²) in [5.41, 5.74) is 0.708. The molecule has 0 aromatic heterocycles. The molecular weight excluding hydrogens is 351 g/mol. The number of benzene rings is 1. The second kappa shape index (κ2) is 7.53. The molecule has 0 saturated carbocycles. The highest BCUT2D eigenvalue weighted by atomic mass is 35.5. The van der Waals surface area contributed by atoms with Crippen LogP contribution in [0.3, 0.4) is 0 Å². The molecule has 0 amide bonds. The molecular formula is C13H18Cl2N2O2S2. The number of hydrogen-bond donors (Lipinski definition) is 2. The predicted molar refractivity (Wildman–Crippen MR) is 89.9 cm³/mol. The summed E-state index contributed by atoms with van der Waals surface area (Å²) in [7, 11) is -1.85. The van der Waals surface area contributed by atoms with Crippen molar-refractivity contribution in [2.24, 2.45) is 0 Å². The minimum Gasteiger partial charge on any atom is -0.316 e. The Labute approximate surface area is 140 Å². The number of sulfonamides is 1. The Bertz CT molecular complexity index is 602. The Kier molecular flexibility index (Phi) is 6.23. The van der Waals surface area contributed by atoms with E-state index < -0.39 is 10.0 Å². The van der Waals surface area contributed by atoms with Crippen molar-refractivity contribution in [2.45, 2.75) is 29.5 Å². The van der Waals surface area contributed by atoms with Crippen molar-refractivity contribution in [3.05, 3.63) is 27.7 Å². The first-order valence-electron chi connectivity index (χ1n) is 6.68. The van der Waals surface area contributed by atoms with Crippen molar-refractivity contribution in [3.63, 3.8) is 0 Å². The van der Waals surface area contributed by atoms with Crippen LogP contribution >= 0.6 is 35.0 Å². The molecule has 21 heavy (non-hydrogen) atoms. The molecule has 2 N–H and O–H groups in total. The van der Waals surface area contributed by atoms with Crippen LogP contribution < -0.4 is 10.0 Å². The van der Waals surface area contributed by atoms with Gasteiger partial charge in [-0.2, -0.15) is 11.8 Å². The summed E-state index contributed by atoms with van der Waals surface area (Å²) in [6, 6.07) is 3.01. The van der Waals surface area contributed by atoms with Crippen LogP contribution in [-0.2, 0) is 16.6 Å². The SMILES string of the molecule is CNCc1cc(S(=O)(=O)NCC2CCCS2)c(Cl)cc1Cl. The monoisotopic (exact) mass is 368 g/mol. The molecule has 1 aliphatic heterocycles. The van der Waals surface area contributed by atoms with Crippen LogP contribution in [0.4, 0.5) is 0 Å². The largest absolute Gasteiger partial charge is 0.316 e. The van der Waals surface area contributed by atoms with Gasteiger partial charge in [-0.1, -0.05) is 23.2 Å². The van der Waals surface area contributed by atoms with E-state index in [9.17, 15) is 8.42 Å². The highest BCUT2D eigenvalue weighted by molar-refractivity contribution is 8.00. The van der Waals surface area contributed by atoms with Gasteiger partial charge in [-0.15, -0.1) is 0 Å². The highest BCUT2D eigenvalue weighted by Crippen LogP contribution is 2.29. The molecule has 8 heteroatoms. The molecule has 4 nitrogen and oxygen atoms in total. The lowest BCUT2D eigenvalue weighted by Crippen LogP contribution is -2.30. The summed E-state index contributed by atoms with van der Waals surface area (Å²) >= 11 is 13.9. The molecule has 118 valence electrons. The van der Waals surface area contributed by atoms with Gasteiger partial charge in [0.1, 0.15) is 4.90 Å². The molecule has 2 rings (SSSR count). The van der Waals surface area contributed by atoms with Crippen LogP contribution in [0.5, 0.6) is 0 Å². The molecule has 1 heterocycles. The zero-order valence-corrected chi connectivity index (χ0v) is 14.8. The van der Waals surface area contributed by atoms with E-state index in [0.29, 0.717) is 28.9 Å². The van der Waals surface area contributed by atoms with Gasteiger partial charge in [-0.25, -0.2) is 13.1 Å². The molecule has 0 radical (unpaired) electrons. The Morgan fingerprint density at radius 2 is 2.10 bits per heavy atom. The zero-order valence-electron chi connectivity index (χ0n) is 11.7. The van der Waals surface area contributed by atoms with Crippen molar-refractivity contribution >= 4 is 45.0 Å². The van der Waals surface area contributed by atoms with Gasteiger partial charge in [-0.05, 0) is 43.3 Å². The Hall–Kier alpha value is 0.0200. The maximum absolute atomic E-state index is 12.4. The van der Waals surface area contributed by atoms with Crippen LogP contribution in [0.25, 0.3) is 0 Å². The van der Waals surface area contributed by atoms with Crippen molar-refractivity contribution in [3.8, 4) is 0 Å². The summed E-state index contributed by atoms with van der Waals surface area (Å²) in [6.07, 6.45) is 2.19. The lowest BCUT2D eigenvalue weighted by Gasteiger charge is -2.13. The predicted octanol–water partition coefficient (Wildman–Crippen LogP) is 2.89. The van der Waals surface area contributed by atoms with E-state index in [1.807, 2.05) is 0 Å². The van der Waals surface area contributed by atoms with Crippen LogP contribution in [0, 0.1) is 0 Å². The van der Waals surface area contributed by atoms with E-state index >= 15 is 0 Å². The van der Waals surface area contributed by atoms with E-state index in [4.69, 9.17) is 23.2 Å². The van der Waals surface area contributed by atoms with Crippen LogP contribution in [0.1, 0.15) is 18.4 Å². The minimum atomic E-state index is -3.62. The maximum atomic E-state index is 12.4. The lowest BCUT2D eigenvalue weighted by atomic mass is 10.2. The van der Waals surface area contributed by atoms with Crippen molar-refractivity contribution in [2.75, 3.05) is 19.3 Å². The standard InChI is InChI=1S/C13H18Cl2N2O2S2/c1-16-7-9-5-13(12(15)6-11(9)14)21(18,19)17-8-10-3-2-4-20-10/h5-6,10,16-17H,2-4,7-8H2,1H3. The highest BCUT2D eigenvalue weighted by Gasteiger charge is 2.23. The van der Waals surface area contributed by atoms with Crippen molar-refractivity contribution in [1.82, 2.24) is 10.0 Å². The molecule has 1 aromatic rings. The smallest absolute Gasteiger partial charge is 0.242 e. The molecule has 1 atom stereocenters. The summed E-state index contributed by atoms with van der Waals surface area (Å²) < 4.78 is 27.5. The van der Waals surface area contributed by atoms with E-state index in [-0.39, 0.29) is 9.92 Å². The summed E-state index contributed by atoms with van der Waals surface area (Å²) in [4.78, 5) is 0.0850. The fourth-order valence-corrected chi connectivity index (χ4v) is 5.44. The number of nitrogens with one attached hydrogen (secondary N) is 2. The van der Waals surface area contributed by atoms with Gasteiger partial charge in [-0.3, -0.25) is 0 Å². The first kappa shape index (κ1) is 17.4. The average molecular weight is 369 g/mol. The molecule has 1 saturated heterocycles. The zero-order chi connectivity index (χ0) is 15.5. The molecule has 1 unspecified atom stereocenters. The van der Waals surface area contributed by atoms with Crippen molar-refractivity contribution in [1.29, 1.82) is 0 Å². The van der Waals surface area contributed by atoms with E-state index in [2.05, 4.69) is 10.0 Å². The van der Waals surface area contributed by atoms with Gasteiger partial charge >= 0.3 is 0 Å². The Morgan fingerprint density at radius 3 is 2.71 bits per heavy atom. The molecule has 0 bridgehead atoms. The molecule has 0 aliphatic carbocycles. The normalized spacial score (nSPS) is 19.1. The summed E-state index contributed by atoms with van der Waals surface area (Å²) in [5, 5.41) is 3.91. The fraction of sp³-hybridized carbons (Fsp3) is 0.538. The van der Waals surface area contributed by atoms with Gasteiger partial charge in [0.2, 0.25) is 10.0 Å². The number of hydrogen-bond acceptors (Lipinski definition) is 4. The fourth-order valence-electron chi connectivity index (χ4n) is 2.19. The van der Waals surface area contributed by atoms with Gasteiger partial charge in [0.05, 0.1) is 5.02 Å². The van der Waals surface area contributed by atoms with Crippen LogP contribution in [0.15, 0.2) is 17.0 Å². The third kappa shape index (κ3) is 4.50. The van der Waals surface area contributed by atoms with E-state index in [0.717, 1.165) is 18.6 Å². The molecule has 1 fully saturated rings. The van der Waals surface area contributed by atoms with Gasteiger partial charge in [0, 0.05) is 23.4 Å². The summed E-state index contributed by atoms with van der Waals surface area (Å²) in [6.45, 7) is 0.921. The first-order valence-corrected chi connectivity index (χ1v) is 9.96. The second-order valence-electron chi connectivity index (χ2n) is 4.89. The molecule has 1 aromatic carbocycles. The molecule has 0 spiro atoms. The van der Waals surface area contributed by atoms with Crippen molar-refractivity contribution < 1.29 is 8.42 Å². The second-order valence-corrected chi connectivity index (χ2v) is 8.85. The quantitative estimate of drug-likeness (QED) is 0.810. The average Bonchev–Trinajstić information content (AvgIpc) is 2.93. The maximum Gasteiger partial charge on any atom is 0.242 e. The minimum absolute atomic E-state index is 0.0850. The summed E-state index contributed by atoms with van der Waals surface area (Å²) in [5.74, 6) is 1.10. The van der Waals surface area contributed by atoms with Gasteiger partial charge in [0.15, 0.2) is 0 Å². The van der Waals surface area contributed by atoms with Crippen LogP contribution in [0.2, 0.25) is 10.0 Å². The number of rotatable bonds is 6. The number of thioether (sulfide) groups is 1.